The molecule has 0 unspecified atom stereocenters. The molecule has 0 bridgehead atoms. The zero-order valence-corrected chi connectivity index (χ0v) is 13.1. The smallest absolute Gasteiger partial charge is 0.258 e. The summed E-state index contributed by atoms with van der Waals surface area (Å²) in [5.41, 5.74) is -0.0521. The van der Waals surface area contributed by atoms with Crippen LogP contribution < -0.4 is 0 Å². The van der Waals surface area contributed by atoms with Gasteiger partial charge < -0.3 is 0 Å². The van der Waals surface area contributed by atoms with Crippen LogP contribution in [0.25, 0.3) is 10.9 Å². The molecule has 1 aromatic carbocycles. The van der Waals surface area contributed by atoms with Crippen molar-refractivity contribution in [2.75, 3.05) is 13.1 Å². The Morgan fingerprint density at radius 1 is 1.22 bits per heavy atom. The maximum atomic E-state index is 12.7. The number of aromatic nitrogens is 1. The van der Waals surface area contributed by atoms with Crippen molar-refractivity contribution >= 4 is 26.6 Å². The van der Waals surface area contributed by atoms with Crippen LogP contribution in [0, 0.1) is 10.1 Å². The maximum absolute atomic E-state index is 12.7. The molecule has 0 atom stereocenters. The van der Waals surface area contributed by atoms with E-state index in [1.807, 2.05) is 0 Å². The van der Waals surface area contributed by atoms with Gasteiger partial charge >= 0.3 is 0 Å². The molecule has 0 aliphatic rings. The van der Waals surface area contributed by atoms with Crippen molar-refractivity contribution in [3.63, 3.8) is 0 Å². The van der Waals surface area contributed by atoms with Gasteiger partial charge in [0, 0.05) is 13.1 Å². The highest BCUT2D eigenvalue weighted by Gasteiger charge is 2.27. The van der Waals surface area contributed by atoms with E-state index in [4.69, 9.17) is 0 Å². The molecule has 0 aliphatic carbocycles. The minimum atomic E-state index is -4.00. The lowest BCUT2D eigenvalue weighted by Gasteiger charge is -2.18. The van der Waals surface area contributed by atoms with Crippen LogP contribution in [-0.2, 0) is 10.0 Å². The summed E-state index contributed by atoms with van der Waals surface area (Å²) in [5.74, 6) is 0. The normalized spacial score (nSPS) is 11.5. The van der Waals surface area contributed by atoms with Crippen molar-refractivity contribution in [1.29, 1.82) is 0 Å². The molecule has 8 heteroatoms. The summed E-state index contributed by atoms with van der Waals surface area (Å²) in [6.45, 7) is 7.14. The van der Waals surface area contributed by atoms with E-state index in [1.54, 1.807) is 12.1 Å². The van der Waals surface area contributed by atoms with Crippen LogP contribution in [0.3, 0.4) is 0 Å². The minimum Gasteiger partial charge on any atom is -0.258 e. The summed E-state index contributed by atoms with van der Waals surface area (Å²) in [4.78, 5) is 14.7. The van der Waals surface area contributed by atoms with Gasteiger partial charge in [-0.1, -0.05) is 24.3 Å². The largest absolute Gasteiger partial charge is 0.281 e. The van der Waals surface area contributed by atoms with Crippen molar-refractivity contribution in [2.45, 2.75) is 5.03 Å². The van der Waals surface area contributed by atoms with Crippen molar-refractivity contribution in [2.24, 2.45) is 0 Å². The molecule has 120 valence electrons. The summed E-state index contributed by atoms with van der Waals surface area (Å²) in [5, 5.41) is 11.2. The molecular weight excluding hydrogens is 318 g/mol. The van der Waals surface area contributed by atoms with Crippen LogP contribution in [0.1, 0.15) is 0 Å². The Balaban J connectivity index is 2.69. The van der Waals surface area contributed by atoms with Crippen LogP contribution in [0.4, 0.5) is 5.69 Å². The van der Waals surface area contributed by atoms with E-state index in [-0.39, 0.29) is 34.7 Å². The van der Waals surface area contributed by atoms with E-state index in [0.29, 0.717) is 0 Å². The second-order valence-electron chi connectivity index (χ2n) is 4.65. The molecule has 0 spiro atoms. The Morgan fingerprint density at radius 2 is 1.83 bits per heavy atom. The van der Waals surface area contributed by atoms with Gasteiger partial charge in [0.05, 0.1) is 21.9 Å². The molecule has 0 aliphatic heterocycles. The number of fused-ring (bicyclic) bond motifs is 1. The highest BCUT2D eigenvalue weighted by Crippen LogP contribution is 2.28. The van der Waals surface area contributed by atoms with Gasteiger partial charge in [0.25, 0.3) is 15.7 Å². The lowest BCUT2D eigenvalue weighted by Crippen LogP contribution is -2.32. The molecule has 0 fully saturated rings. The van der Waals surface area contributed by atoms with Gasteiger partial charge in [0.1, 0.15) is 0 Å². The number of para-hydroxylation sites is 1. The third-order valence-corrected chi connectivity index (χ3v) is 4.85. The third-order valence-electron chi connectivity index (χ3n) is 3.14. The molecule has 7 nitrogen and oxygen atoms in total. The van der Waals surface area contributed by atoms with E-state index in [0.717, 1.165) is 10.4 Å². The number of hydrogen-bond acceptors (Lipinski definition) is 5. The van der Waals surface area contributed by atoms with Crippen LogP contribution >= 0.6 is 0 Å². The zero-order chi connectivity index (χ0) is 17.0. The lowest BCUT2D eigenvalue weighted by molar-refractivity contribution is -0.383. The van der Waals surface area contributed by atoms with Gasteiger partial charge in [-0.05, 0) is 12.1 Å². The van der Waals surface area contributed by atoms with E-state index in [2.05, 4.69) is 18.1 Å². The topological polar surface area (TPSA) is 93.4 Å². The fourth-order valence-corrected chi connectivity index (χ4v) is 3.45. The summed E-state index contributed by atoms with van der Waals surface area (Å²) in [6, 6.07) is 7.32. The highest BCUT2D eigenvalue weighted by atomic mass is 32.2. The molecule has 0 radical (unpaired) electrons. The van der Waals surface area contributed by atoms with Gasteiger partial charge in [-0.2, -0.15) is 4.31 Å². The van der Waals surface area contributed by atoms with Gasteiger partial charge in [0.2, 0.25) is 0 Å². The quantitative estimate of drug-likeness (QED) is 0.441. The second kappa shape index (κ2) is 6.67. The molecule has 0 N–H and O–H groups in total. The monoisotopic (exact) mass is 333 g/mol. The van der Waals surface area contributed by atoms with Crippen LogP contribution in [-0.4, -0.2) is 35.7 Å². The standard InChI is InChI=1S/C15H15N3O4S/c1-3-9-17(10-4-2)23(21,22)15-11-14(18(19)20)12-7-5-6-8-13(12)16-15/h3-8,11H,1-2,9-10H2. The molecule has 2 aromatic rings. The number of rotatable bonds is 7. The Hall–Kier alpha value is -2.58. The van der Waals surface area contributed by atoms with Crippen LogP contribution in [0.5, 0.6) is 0 Å². The number of nitrogens with zero attached hydrogens (tertiary/aromatic N) is 3. The average Bonchev–Trinajstić information content (AvgIpc) is 2.53. The predicted molar refractivity (Wildman–Crippen MR) is 87.6 cm³/mol. The molecule has 23 heavy (non-hydrogen) atoms. The zero-order valence-electron chi connectivity index (χ0n) is 12.3. The van der Waals surface area contributed by atoms with E-state index in [9.17, 15) is 18.5 Å². The molecular formula is C15H15N3O4S. The van der Waals surface area contributed by atoms with Crippen molar-refractivity contribution in [1.82, 2.24) is 9.29 Å². The number of nitro groups is 1. The van der Waals surface area contributed by atoms with Gasteiger partial charge in [0.15, 0.2) is 5.03 Å². The van der Waals surface area contributed by atoms with E-state index < -0.39 is 14.9 Å². The second-order valence-corrected chi connectivity index (χ2v) is 6.54. The van der Waals surface area contributed by atoms with Crippen molar-refractivity contribution < 1.29 is 13.3 Å². The average molecular weight is 333 g/mol. The molecule has 1 aromatic heterocycles. The molecule has 1 heterocycles. The van der Waals surface area contributed by atoms with E-state index in [1.165, 1.54) is 24.3 Å². The summed E-state index contributed by atoms with van der Waals surface area (Å²) in [7, 11) is -4.00. The van der Waals surface area contributed by atoms with Crippen LogP contribution in [0.2, 0.25) is 0 Å². The van der Waals surface area contributed by atoms with Gasteiger partial charge in [-0.15, -0.1) is 13.2 Å². The van der Waals surface area contributed by atoms with Crippen molar-refractivity contribution in [3.8, 4) is 0 Å². The number of pyridine rings is 1. The van der Waals surface area contributed by atoms with E-state index >= 15 is 0 Å². The first-order valence-corrected chi connectivity index (χ1v) is 8.12. The Kier molecular flexibility index (Phi) is 4.87. The molecule has 0 saturated heterocycles. The first kappa shape index (κ1) is 16.8. The summed E-state index contributed by atoms with van der Waals surface area (Å²) in [6.07, 6.45) is 2.85. The number of hydrogen-bond donors (Lipinski definition) is 0. The SMILES string of the molecule is C=CCN(CC=C)S(=O)(=O)c1cc([N+](=O)[O-])c2ccccc2n1. The predicted octanol–water partition coefficient (Wildman–Crippen LogP) is 2.51. The minimum absolute atomic E-state index is 0.0522. The number of sulfonamides is 1. The van der Waals surface area contributed by atoms with Gasteiger partial charge in [-0.25, -0.2) is 13.4 Å². The first-order valence-electron chi connectivity index (χ1n) is 6.68. The van der Waals surface area contributed by atoms with Crippen LogP contribution in [0.15, 0.2) is 60.7 Å². The molecule has 0 amide bonds. The third kappa shape index (κ3) is 3.27. The Bertz CT molecular complexity index is 867. The molecule has 0 saturated carbocycles. The highest BCUT2D eigenvalue weighted by molar-refractivity contribution is 7.89. The molecule has 2 rings (SSSR count). The number of benzene rings is 1. The summed E-state index contributed by atoms with van der Waals surface area (Å²) >= 11 is 0. The van der Waals surface area contributed by atoms with Crippen molar-refractivity contribution in [3.05, 3.63) is 65.8 Å². The Labute approximate surface area is 133 Å². The lowest BCUT2D eigenvalue weighted by atomic mass is 10.2. The summed E-state index contributed by atoms with van der Waals surface area (Å²) < 4.78 is 26.4. The maximum Gasteiger partial charge on any atom is 0.281 e. The Morgan fingerprint density at radius 3 is 2.39 bits per heavy atom. The fourth-order valence-electron chi connectivity index (χ4n) is 2.11. The fraction of sp³-hybridized carbons (Fsp3) is 0.133. The first-order chi connectivity index (χ1) is 10.9. The van der Waals surface area contributed by atoms with Gasteiger partial charge in [-0.3, -0.25) is 10.1 Å².